The molecule has 1 aliphatic rings. The maximum Gasteiger partial charge on any atom is 0.169 e. The van der Waals surface area contributed by atoms with E-state index in [1.54, 1.807) is 6.07 Å². The molecular weight excluding hydrogens is 448 g/mol. The Kier molecular flexibility index (Phi) is 5.72. The molecule has 0 radical (unpaired) electrons. The molecule has 0 saturated carbocycles. The first-order chi connectivity index (χ1) is 14.1. The first-order valence-electron chi connectivity index (χ1n) is 9.81. The number of aromatic nitrogens is 3. The normalized spacial score (nSPS) is 15.1. The molecule has 2 aromatic heterocycles. The van der Waals surface area contributed by atoms with Crippen LogP contribution in [0.1, 0.15) is 37.4 Å². The van der Waals surface area contributed by atoms with E-state index < -0.39 is 0 Å². The highest BCUT2D eigenvalue weighted by molar-refractivity contribution is 9.10. The molecule has 6 heteroatoms. The molecular formula is C23H22BrClN4. The zero-order valence-corrected chi connectivity index (χ0v) is 18.7. The third-order valence-electron chi connectivity index (χ3n) is 5.10. The molecule has 1 unspecified atom stereocenters. The van der Waals surface area contributed by atoms with Crippen LogP contribution in [0.2, 0.25) is 5.15 Å². The number of benzene rings is 2. The van der Waals surface area contributed by atoms with Crippen molar-refractivity contribution in [2.75, 3.05) is 0 Å². The maximum atomic E-state index is 6.23. The highest BCUT2D eigenvalue weighted by Gasteiger charge is 2.23. The molecule has 1 aliphatic carbocycles. The number of imidazole rings is 1. The van der Waals surface area contributed by atoms with Gasteiger partial charge in [-0.05, 0) is 52.0 Å². The van der Waals surface area contributed by atoms with Gasteiger partial charge in [0.15, 0.2) is 10.8 Å². The van der Waals surface area contributed by atoms with Crippen LogP contribution < -0.4 is 5.73 Å². The molecule has 0 fully saturated rings. The van der Waals surface area contributed by atoms with E-state index in [0.29, 0.717) is 5.15 Å². The second-order valence-electron chi connectivity index (χ2n) is 6.78. The lowest BCUT2D eigenvalue weighted by Gasteiger charge is -2.08. The predicted molar refractivity (Wildman–Crippen MR) is 123 cm³/mol. The summed E-state index contributed by atoms with van der Waals surface area (Å²) in [5.74, 6) is 0. The highest BCUT2D eigenvalue weighted by Crippen LogP contribution is 2.38. The first kappa shape index (κ1) is 20.1. The van der Waals surface area contributed by atoms with Crippen molar-refractivity contribution in [2.45, 2.75) is 32.7 Å². The highest BCUT2D eigenvalue weighted by atomic mass is 79.9. The minimum Gasteiger partial charge on any atom is -0.324 e. The second-order valence-corrected chi connectivity index (χ2v) is 8.03. The molecule has 2 N–H and O–H groups in total. The standard InChI is InChI=1S/C21H16BrClN4.C2H6/c22-16-11-18(23)26-27-20(12-4-2-1-3-5-12)19(25-21(16)27)14-6-8-15-13(10-14)7-9-17(15)24;1-2/h1-6,8,10-11,17H,7,9,24H2;1-2H3. The van der Waals surface area contributed by atoms with Crippen molar-refractivity contribution in [3.8, 4) is 22.5 Å². The summed E-state index contributed by atoms with van der Waals surface area (Å²) in [6.07, 6.45) is 2.00. The topological polar surface area (TPSA) is 56.2 Å². The van der Waals surface area contributed by atoms with Crippen LogP contribution in [0.15, 0.2) is 59.1 Å². The van der Waals surface area contributed by atoms with Gasteiger partial charge in [-0.3, -0.25) is 0 Å². The molecule has 0 saturated heterocycles. The summed E-state index contributed by atoms with van der Waals surface area (Å²) in [7, 11) is 0. The van der Waals surface area contributed by atoms with Crippen molar-refractivity contribution in [1.82, 2.24) is 14.6 Å². The van der Waals surface area contributed by atoms with Crippen LogP contribution in [0.4, 0.5) is 0 Å². The molecule has 0 bridgehead atoms. The average molecular weight is 470 g/mol. The van der Waals surface area contributed by atoms with Crippen molar-refractivity contribution < 1.29 is 0 Å². The van der Waals surface area contributed by atoms with Crippen LogP contribution in [-0.2, 0) is 6.42 Å². The molecule has 4 aromatic rings. The Bertz CT molecular complexity index is 1170. The van der Waals surface area contributed by atoms with Crippen LogP contribution in [0, 0.1) is 0 Å². The summed E-state index contributed by atoms with van der Waals surface area (Å²) in [6, 6.07) is 18.5. The molecule has 148 valence electrons. The fourth-order valence-corrected chi connectivity index (χ4v) is 4.60. The van der Waals surface area contributed by atoms with Gasteiger partial charge in [0.1, 0.15) is 5.69 Å². The van der Waals surface area contributed by atoms with E-state index >= 15 is 0 Å². The smallest absolute Gasteiger partial charge is 0.169 e. The van der Waals surface area contributed by atoms with E-state index in [4.69, 9.17) is 22.3 Å². The SMILES string of the molecule is CC.NC1CCc2cc(-c3nc4c(Br)cc(Cl)nn4c3-c3ccccc3)ccc21. The van der Waals surface area contributed by atoms with Gasteiger partial charge in [-0.2, -0.15) is 5.10 Å². The van der Waals surface area contributed by atoms with E-state index in [1.165, 1.54) is 11.1 Å². The van der Waals surface area contributed by atoms with Crippen LogP contribution in [0.25, 0.3) is 28.2 Å². The van der Waals surface area contributed by atoms with Crippen molar-refractivity contribution >= 4 is 33.2 Å². The van der Waals surface area contributed by atoms with E-state index in [0.717, 1.165) is 45.5 Å². The molecule has 0 aliphatic heterocycles. The number of aryl methyl sites for hydroxylation is 1. The van der Waals surface area contributed by atoms with E-state index in [-0.39, 0.29) is 6.04 Å². The summed E-state index contributed by atoms with van der Waals surface area (Å²) >= 11 is 9.80. The summed E-state index contributed by atoms with van der Waals surface area (Å²) in [5, 5.41) is 4.93. The maximum absolute atomic E-state index is 6.23. The first-order valence-corrected chi connectivity index (χ1v) is 11.0. The lowest BCUT2D eigenvalue weighted by atomic mass is 10.0. The van der Waals surface area contributed by atoms with E-state index in [9.17, 15) is 0 Å². The van der Waals surface area contributed by atoms with Gasteiger partial charge in [0.05, 0.1) is 10.2 Å². The Hall–Kier alpha value is -2.21. The minimum absolute atomic E-state index is 0.137. The molecule has 5 rings (SSSR count). The zero-order chi connectivity index (χ0) is 20.5. The molecule has 2 aromatic carbocycles. The van der Waals surface area contributed by atoms with Crippen LogP contribution >= 0.6 is 27.5 Å². The van der Waals surface area contributed by atoms with Crippen molar-refractivity contribution in [2.24, 2.45) is 5.73 Å². The zero-order valence-electron chi connectivity index (χ0n) is 16.4. The lowest BCUT2D eigenvalue weighted by molar-refractivity contribution is 0.713. The summed E-state index contributed by atoms with van der Waals surface area (Å²) in [4.78, 5) is 4.91. The summed E-state index contributed by atoms with van der Waals surface area (Å²) in [5.41, 5.74) is 13.4. The van der Waals surface area contributed by atoms with Gasteiger partial charge in [-0.1, -0.05) is 67.9 Å². The summed E-state index contributed by atoms with van der Waals surface area (Å²) in [6.45, 7) is 4.00. The van der Waals surface area contributed by atoms with Gasteiger partial charge < -0.3 is 5.73 Å². The fourth-order valence-electron chi connectivity index (χ4n) is 3.81. The van der Waals surface area contributed by atoms with E-state index in [1.807, 2.05) is 36.6 Å². The van der Waals surface area contributed by atoms with Crippen molar-refractivity contribution in [1.29, 1.82) is 0 Å². The molecule has 1 atom stereocenters. The molecule has 0 spiro atoms. The molecule has 2 heterocycles. The summed E-state index contributed by atoms with van der Waals surface area (Å²) < 4.78 is 2.63. The fraction of sp³-hybridized carbons (Fsp3) is 0.217. The number of rotatable bonds is 2. The largest absolute Gasteiger partial charge is 0.324 e. The van der Waals surface area contributed by atoms with Crippen LogP contribution in [-0.4, -0.2) is 14.6 Å². The molecule has 4 nitrogen and oxygen atoms in total. The van der Waals surface area contributed by atoms with Crippen molar-refractivity contribution in [3.63, 3.8) is 0 Å². The van der Waals surface area contributed by atoms with Gasteiger partial charge >= 0.3 is 0 Å². The number of halogens is 2. The molecule has 0 amide bonds. The Morgan fingerprint density at radius 3 is 2.59 bits per heavy atom. The van der Waals surface area contributed by atoms with Crippen molar-refractivity contribution in [3.05, 3.63) is 75.4 Å². The van der Waals surface area contributed by atoms with Crippen LogP contribution in [0.3, 0.4) is 0 Å². The van der Waals surface area contributed by atoms with Crippen LogP contribution in [0.5, 0.6) is 0 Å². The minimum atomic E-state index is 0.137. The third-order valence-corrected chi connectivity index (χ3v) is 5.87. The molecule has 29 heavy (non-hydrogen) atoms. The number of hydrogen-bond donors (Lipinski definition) is 1. The van der Waals surface area contributed by atoms with Gasteiger partial charge in [0.2, 0.25) is 0 Å². The quantitative estimate of drug-likeness (QED) is 0.367. The van der Waals surface area contributed by atoms with Gasteiger partial charge in [-0.25, -0.2) is 9.50 Å². The monoisotopic (exact) mass is 468 g/mol. The second kappa shape index (κ2) is 8.27. The van der Waals surface area contributed by atoms with E-state index in [2.05, 4.69) is 51.4 Å². The predicted octanol–water partition coefficient (Wildman–Crippen LogP) is 6.45. The van der Waals surface area contributed by atoms with Gasteiger partial charge in [0.25, 0.3) is 0 Å². The Balaban J connectivity index is 0.000000994. The Labute approximate surface area is 183 Å². The number of nitrogens with zero attached hydrogens (tertiary/aromatic N) is 3. The number of nitrogens with two attached hydrogens (primary N) is 1. The number of hydrogen-bond acceptors (Lipinski definition) is 3. The van der Waals surface area contributed by atoms with Gasteiger partial charge in [0, 0.05) is 17.2 Å². The number of fused-ring (bicyclic) bond motifs is 2. The lowest BCUT2D eigenvalue weighted by Crippen LogP contribution is -2.04. The Morgan fingerprint density at radius 1 is 1.07 bits per heavy atom. The average Bonchev–Trinajstić information content (AvgIpc) is 3.31. The third kappa shape index (κ3) is 3.59. The van der Waals surface area contributed by atoms with Gasteiger partial charge in [-0.15, -0.1) is 0 Å². The Morgan fingerprint density at radius 2 is 1.83 bits per heavy atom.